The fourth-order valence-corrected chi connectivity index (χ4v) is 2.59. The molecule has 1 unspecified atom stereocenters. The maximum Gasteiger partial charge on any atom is 1.00 e. The van der Waals surface area contributed by atoms with Gasteiger partial charge in [-0.25, -0.2) is 8.42 Å². The van der Waals surface area contributed by atoms with Crippen LogP contribution in [0.2, 0.25) is 0 Å². The molecule has 1 fully saturated rings. The average Bonchev–Trinajstić information content (AvgIpc) is 2.15. The molecule has 0 aliphatic heterocycles. The number of aliphatic hydroxyl groups excluding tert-OH is 1. The Balaban J connectivity index is 0.00000196. The molecule has 15 heavy (non-hydrogen) atoms. The van der Waals surface area contributed by atoms with Crippen LogP contribution in [0.25, 0.3) is 0 Å². The van der Waals surface area contributed by atoms with Crippen molar-refractivity contribution >= 4 is 10.1 Å². The second-order valence-electron chi connectivity index (χ2n) is 3.66. The van der Waals surface area contributed by atoms with E-state index in [1.54, 1.807) is 7.11 Å². The first kappa shape index (κ1) is 15.8. The van der Waals surface area contributed by atoms with E-state index in [1.165, 1.54) is 0 Å². The first-order valence-electron chi connectivity index (χ1n) is 4.60. The van der Waals surface area contributed by atoms with Gasteiger partial charge in [-0.3, -0.25) is 0 Å². The van der Waals surface area contributed by atoms with Crippen LogP contribution in [-0.2, 0) is 14.9 Å². The molecule has 0 aromatic heterocycles. The van der Waals surface area contributed by atoms with E-state index in [2.05, 4.69) is 0 Å². The maximum absolute atomic E-state index is 10.5. The van der Waals surface area contributed by atoms with Crippen molar-refractivity contribution in [2.75, 3.05) is 7.11 Å². The molecule has 0 aromatic carbocycles. The fourth-order valence-electron chi connectivity index (χ4n) is 1.85. The van der Waals surface area contributed by atoms with E-state index < -0.39 is 21.5 Å². The molecule has 0 amide bonds. The Labute approximate surface area is 112 Å². The number of aliphatic hydroxyl groups is 1. The first-order valence-corrected chi connectivity index (χ1v) is 6.08. The van der Waals surface area contributed by atoms with Crippen LogP contribution in [0.4, 0.5) is 0 Å². The van der Waals surface area contributed by atoms with Gasteiger partial charge >= 0.3 is 29.6 Å². The minimum atomic E-state index is -4.56. The summed E-state index contributed by atoms with van der Waals surface area (Å²) in [7, 11) is -2.96. The van der Waals surface area contributed by atoms with Crippen molar-refractivity contribution < 1.29 is 52.4 Å². The molecule has 0 spiro atoms. The van der Waals surface area contributed by atoms with E-state index in [-0.39, 0.29) is 35.7 Å². The average molecular weight is 246 g/mol. The Bertz CT molecular complexity index is 271. The number of rotatable bonds is 3. The molecule has 7 heteroatoms. The van der Waals surface area contributed by atoms with Crippen molar-refractivity contribution in [1.29, 1.82) is 0 Å². The summed E-state index contributed by atoms with van der Waals surface area (Å²) in [5.41, 5.74) is -1.75. The van der Waals surface area contributed by atoms with Crippen LogP contribution in [0.1, 0.15) is 25.7 Å². The standard InChI is InChI=1S/C8H16O5S.Na/c1-13-7-4-2-6(3-5-7)8(9)14(10,11)12;/h6-9H,2-5H2,1H3,(H,10,11,12);/q;+1/p-1. The van der Waals surface area contributed by atoms with Gasteiger partial charge in [0.15, 0.2) is 0 Å². The van der Waals surface area contributed by atoms with Crippen molar-refractivity contribution in [3.63, 3.8) is 0 Å². The third-order valence-electron chi connectivity index (χ3n) is 2.75. The molecule has 0 saturated heterocycles. The maximum atomic E-state index is 10.5. The quantitative estimate of drug-likeness (QED) is 0.425. The van der Waals surface area contributed by atoms with Gasteiger partial charge in [0.2, 0.25) is 0 Å². The molecule has 1 atom stereocenters. The van der Waals surface area contributed by atoms with Crippen molar-refractivity contribution in [2.24, 2.45) is 5.92 Å². The third-order valence-corrected chi connectivity index (χ3v) is 3.73. The van der Waals surface area contributed by atoms with E-state index in [0.29, 0.717) is 25.7 Å². The molecule has 0 aromatic rings. The SMILES string of the molecule is COC1CCC(C(O)S(=O)(=O)[O-])CC1.[Na+]. The van der Waals surface area contributed by atoms with Crippen LogP contribution in [0.5, 0.6) is 0 Å². The summed E-state index contributed by atoms with van der Waals surface area (Å²) in [4.78, 5) is 0. The molecule has 0 radical (unpaired) electrons. The second-order valence-corrected chi connectivity index (χ2v) is 5.12. The number of methoxy groups -OCH3 is 1. The first-order chi connectivity index (χ1) is 6.45. The minimum Gasteiger partial charge on any atom is -0.746 e. The zero-order valence-electron chi connectivity index (χ0n) is 9.05. The predicted octanol–water partition coefficient (Wildman–Crippen LogP) is -2.94. The predicted molar refractivity (Wildman–Crippen MR) is 48.5 cm³/mol. The Hall–Kier alpha value is 0.830. The van der Waals surface area contributed by atoms with Gasteiger partial charge in [0, 0.05) is 7.11 Å². The summed E-state index contributed by atoms with van der Waals surface area (Å²) in [5, 5.41) is 9.23. The van der Waals surface area contributed by atoms with Crippen LogP contribution in [-0.4, -0.2) is 36.7 Å². The third kappa shape index (κ3) is 4.68. The van der Waals surface area contributed by atoms with Crippen LogP contribution in [0, 0.1) is 5.92 Å². The van der Waals surface area contributed by atoms with Crippen LogP contribution in [0.3, 0.4) is 0 Å². The molecule has 1 saturated carbocycles. The van der Waals surface area contributed by atoms with Crippen molar-refractivity contribution in [3.8, 4) is 0 Å². The number of hydrogen-bond acceptors (Lipinski definition) is 5. The smallest absolute Gasteiger partial charge is 0.746 e. The molecule has 1 rings (SSSR count). The normalized spacial score (nSPS) is 29.3. The summed E-state index contributed by atoms with van der Waals surface area (Å²) >= 11 is 0. The van der Waals surface area contributed by atoms with Gasteiger partial charge in [0.1, 0.15) is 15.6 Å². The van der Waals surface area contributed by atoms with Gasteiger partial charge in [-0.1, -0.05) is 0 Å². The Morgan fingerprint density at radius 1 is 1.33 bits per heavy atom. The van der Waals surface area contributed by atoms with Gasteiger partial charge < -0.3 is 14.4 Å². The second kappa shape index (κ2) is 6.54. The van der Waals surface area contributed by atoms with Crippen molar-refractivity contribution in [1.82, 2.24) is 0 Å². The summed E-state index contributed by atoms with van der Waals surface area (Å²) < 4.78 is 36.7. The molecule has 0 bridgehead atoms. The number of ether oxygens (including phenoxy) is 1. The van der Waals surface area contributed by atoms with E-state index in [9.17, 15) is 18.1 Å². The van der Waals surface area contributed by atoms with Crippen molar-refractivity contribution in [2.45, 2.75) is 37.2 Å². The zero-order chi connectivity index (χ0) is 10.8. The number of hydrogen-bond donors (Lipinski definition) is 1. The van der Waals surface area contributed by atoms with E-state index in [1.807, 2.05) is 0 Å². The van der Waals surface area contributed by atoms with E-state index in [4.69, 9.17) is 4.74 Å². The van der Waals surface area contributed by atoms with Crippen LogP contribution < -0.4 is 29.6 Å². The van der Waals surface area contributed by atoms with Gasteiger partial charge in [-0.2, -0.15) is 0 Å². The fraction of sp³-hybridized carbons (Fsp3) is 1.00. The van der Waals surface area contributed by atoms with Gasteiger partial charge in [0.25, 0.3) is 0 Å². The van der Waals surface area contributed by atoms with Gasteiger partial charge in [0.05, 0.1) is 6.10 Å². The molecule has 0 heterocycles. The molecule has 5 nitrogen and oxygen atoms in total. The van der Waals surface area contributed by atoms with E-state index >= 15 is 0 Å². The molecule has 1 aliphatic rings. The summed E-state index contributed by atoms with van der Waals surface area (Å²) in [6.45, 7) is 0. The molecule has 84 valence electrons. The molecule has 1 aliphatic carbocycles. The topological polar surface area (TPSA) is 86.7 Å². The molecular weight excluding hydrogens is 231 g/mol. The van der Waals surface area contributed by atoms with Gasteiger partial charge in [-0.05, 0) is 31.6 Å². The van der Waals surface area contributed by atoms with E-state index in [0.717, 1.165) is 0 Å². The largest absolute Gasteiger partial charge is 1.00 e. The Kier molecular flexibility index (Phi) is 6.90. The van der Waals surface area contributed by atoms with Gasteiger partial charge in [-0.15, -0.1) is 0 Å². The summed E-state index contributed by atoms with van der Waals surface area (Å²) in [6.07, 6.45) is 2.59. The molecular formula is C8H15NaO5S. The Morgan fingerprint density at radius 3 is 2.13 bits per heavy atom. The Morgan fingerprint density at radius 2 is 1.80 bits per heavy atom. The van der Waals surface area contributed by atoms with Crippen LogP contribution >= 0.6 is 0 Å². The minimum absolute atomic E-state index is 0. The summed E-state index contributed by atoms with van der Waals surface area (Å²) in [6, 6.07) is 0. The zero-order valence-corrected chi connectivity index (χ0v) is 11.9. The van der Waals surface area contributed by atoms with Crippen LogP contribution in [0.15, 0.2) is 0 Å². The monoisotopic (exact) mass is 246 g/mol. The van der Waals surface area contributed by atoms with Crippen molar-refractivity contribution in [3.05, 3.63) is 0 Å². The molecule has 1 N–H and O–H groups in total. The summed E-state index contributed by atoms with van der Waals surface area (Å²) in [5.74, 6) is -0.427.